The summed E-state index contributed by atoms with van der Waals surface area (Å²) in [7, 11) is 0. The highest BCUT2D eigenvalue weighted by Gasteiger charge is 2.14. The molecule has 1 atom stereocenters. The van der Waals surface area contributed by atoms with Crippen molar-refractivity contribution in [3.8, 4) is 0 Å². The smallest absolute Gasteiger partial charge is 0.0573 e. The minimum atomic E-state index is 0.495. The fourth-order valence-electron chi connectivity index (χ4n) is 1.79. The minimum Gasteiger partial charge on any atom is -0.309 e. The van der Waals surface area contributed by atoms with Crippen molar-refractivity contribution >= 4 is 0 Å². The van der Waals surface area contributed by atoms with Gasteiger partial charge in [0.25, 0.3) is 0 Å². The summed E-state index contributed by atoms with van der Waals surface area (Å²) in [5.41, 5.74) is 2.44. The monoisotopic (exact) mass is 176 g/mol. The average Bonchev–Trinajstić information content (AvgIpc) is 2.20. The van der Waals surface area contributed by atoms with Crippen molar-refractivity contribution < 1.29 is 0 Å². The van der Waals surface area contributed by atoms with Gasteiger partial charge in [-0.2, -0.15) is 0 Å². The van der Waals surface area contributed by atoms with Crippen molar-refractivity contribution in [1.29, 1.82) is 0 Å². The van der Waals surface area contributed by atoms with Crippen molar-refractivity contribution in [2.24, 2.45) is 0 Å². The Morgan fingerprint density at radius 1 is 1.38 bits per heavy atom. The number of piperidine rings is 1. The van der Waals surface area contributed by atoms with Crippen LogP contribution >= 0.6 is 0 Å². The van der Waals surface area contributed by atoms with Crippen LogP contribution < -0.4 is 5.32 Å². The molecule has 0 radical (unpaired) electrons. The number of nitrogens with zero attached hydrogens (tertiary/aromatic N) is 1. The van der Waals surface area contributed by atoms with Crippen LogP contribution in [0.4, 0.5) is 0 Å². The van der Waals surface area contributed by atoms with Gasteiger partial charge in [0.1, 0.15) is 0 Å². The molecule has 2 nitrogen and oxygen atoms in total. The zero-order valence-electron chi connectivity index (χ0n) is 8.09. The Balaban J connectivity index is 2.10. The molecule has 0 aromatic carbocycles. The molecule has 0 unspecified atom stereocenters. The van der Waals surface area contributed by atoms with Crippen LogP contribution in [0.1, 0.15) is 36.6 Å². The van der Waals surface area contributed by atoms with Gasteiger partial charge in [-0.1, -0.05) is 12.5 Å². The molecule has 1 aromatic heterocycles. The van der Waals surface area contributed by atoms with E-state index in [2.05, 4.69) is 29.4 Å². The SMILES string of the molecule is Cc1ccc([C@@H]2CCCCN2)nc1. The lowest BCUT2D eigenvalue weighted by Crippen LogP contribution is -2.27. The molecule has 1 N–H and O–H groups in total. The van der Waals surface area contributed by atoms with E-state index in [1.165, 1.54) is 30.5 Å². The van der Waals surface area contributed by atoms with Crippen LogP contribution in [0.25, 0.3) is 0 Å². The number of rotatable bonds is 1. The van der Waals surface area contributed by atoms with E-state index >= 15 is 0 Å². The molecular formula is C11H16N2. The molecular weight excluding hydrogens is 160 g/mol. The Kier molecular flexibility index (Phi) is 2.60. The Labute approximate surface area is 79.4 Å². The van der Waals surface area contributed by atoms with Crippen molar-refractivity contribution in [3.63, 3.8) is 0 Å². The number of aryl methyl sites for hydroxylation is 1. The van der Waals surface area contributed by atoms with Gasteiger partial charge in [-0.3, -0.25) is 4.98 Å². The lowest BCUT2D eigenvalue weighted by atomic mass is 10.0. The van der Waals surface area contributed by atoms with Crippen LogP contribution in [0.3, 0.4) is 0 Å². The third-order valence-corrected chi connectivity index (χ3v) is 2.60. The standard InChI is InChI=1S/C11H16N2/c1-9-5-6-11(13-8-9)10-4-2-3-7-12-10/h5-6,8,10,12H,2-4,7H2,1H3/t10-/m0/s1. The number of hydrogen-bond acceptors (Lipinski definition) is 2. The zero-order valence-corrected chi connectivity index (χ0v) is 8.09. The second-order valence-corrected chi connectivity index (χ2v) is 3.76. The van der Waals surface area contributed by atoms with E-state index < -0.39 is 0 Å². The zero-order chi connectivity index (χ0) is 9.10. The minimum absolute atomic E-state index is 0.495. The van der Waals surface area contributed by atoms with Crippen LogP contribution in [-0.4, -0.2) is 11.5 Å². The third-order valence-electron chi connectivity index (χ3n) is 2.60. The average molecular weight is 176 g/mol. The summed E-state index contributed by atoms with van der Waals surface area (Å²) in [6.45, 7) is 3.21. The predicted molar refractivity (Wildman–Crippen MR) is 53.6 cm³/mol. The fourth-order valence-corrected chi connectivity index (χ4v) is 1.79. The molecule has 70 valence electrons. The van der Waals surface area contributed by atoms with Gasteiger partial charge >= 0.3 is 0 Å². The van der Waals surface area contributed by atoms with Crippen LogP contribution in [0.15, 0.2) is 18.3 Å². The summed E-state index contributed by atoms with van der Waals surface area (Å²) in [5.74, 6) is 0. The molecule has 1 aromatic rings. The van der Waals surface area contributed by atoms with E-state index in [0.717, 1.165) is 6.54 Å². The maximum Gasteiger partial charge on any atom is 0.0573 e. The molecule has 0 spiro atoms. The van der Waals surface area contributed by atoms with E-state index in [4.69, 9.17) is 0 Å². The van der Waals surface area contributed by atoms with Gasteiger partial charge < -0.3 is 5.32 Å². The molecule has 1 saturated heterocycles. The fraction of sp³-hybridized carbons (Fsp3) is 0.545. The number of aromatic nitrogens is 1. The van der Waals surface area contributed by atoms with Gasteiger partial charge in [-0.25, -0.2) is 0 Å². The summed E-state index contributed by atoms with van der Waals surface area (Å²) >= 11 is 0. The number of pyridine rings is 1. The third kappa shape index (κ3) is 2.07. The van der Waals surface area contributed by atoms with Crippen molar-refractivity contribution in [3.05, 3.63) is 29.6 Å². The first kappa shape index (κ1) is 8.70. The van der Waals surface area contributed by atoms with Gasteiger partial charge in [0.15, 0.2) is 0 Å². The molecule has 2 rings (SSSR count). The van der Waals surface area contributed by atoms with Crippen molar-refractivity contribution in [2.75, 3.05) is 6.54 Å². The number of hydrogen-bond donors (Lipinski definition) is 1. The molecule has 0 saturated carbocycles. The Morgan fingerprint density at radius 2 is 2.31 bits per heavy atom. The highest BCUT2D eigenvalue weighted by atomic mass is 14.9. The summed E-state index contributed by atoms with van der Waals surface area (Å²) in [5, 5.41) is 3.49. The van der Waals surface area contributed by atoms with E-state index in [1.807, 2.05) is 6.20 Å². The molecule has 2 heteroatoms. The molecule has 1 aliphatic rings. The molecule has 0 bridgehead atoms. The maximum atomic E-state index is 4.44. The quantitative estimate of drug-likeness (QED) is 0.709. The van der Waals surface area contributed by atoms with Crippen LogP contribution in [0.2, 0.25) is 0 Å². The topological polar surface area (TPSA) is 24.9 Å². The van der Waals surface area contributed by atoms with E-state index in [9.17, 15) is 0 Å². The first-order valence-electron chi connectivity index (χ1n) is 5.02. The van der Waals surface area contributed by atoms with E-state index in [-0.39, 0.29) is 0 Å². The maximum absolute atomic E-state index is 4.44. The summed E-state index contributed by atoms with van der Waals surface area (Å²) in [6.07, 6.45) is 5.82. The first-order chi connectivity index (χ1) is 6.36. The van der Waals surface area contributed by atoms with Gasteiger partial charge in [-0.15, -0.1) is 0 Å². The van der Waals surface area contributed by atoms with Crippen LogP contribution in [0.5, 0.6) is 0 Å². The van der Waals surface area contributed by atoms with Gasteiger partial charge in [0.2, 0.25) is 0 Å². The lowest BCUT2D eigenvalue weighted by molar-refractivity contribution is 0.405. The van der Waals surface area contributed by atoms with E-state index in [1.54, 1.807) is 0 Å². The highest BCUT2D eigenvalue weighted by molar-refractivity contribution is 5.15. The Bertz CT molecular complexity index is 260. The lowest BCUT2D eigenvalue weighted by Gasteiger charge is -2.22. The van der Waals surface area contributed by atoms with Gasteiger partial charge in [0.05, 0.1) is 5.69 Å². The molecule has 2 heterocycles. The highest BCUT2D eigenvalue weighted by Crippen LogP contribution is 2.20. The predicted octanol–water partition coefficient (Wildman–Crippen LogP) is 2.20. The van der Waals surface area contributed by atoms with Crippen molar-refractivity contribution in [1.82, 2.24) is 10.3 Å². The largest absolute Gasteiger partial charge is 0.309 e. The summed E-state index contributed by atoms with van der Waals surface area (Å²) in [6, 6.07) is 4.77. The second-order valence-electron chi connectivity index (χ2n) is 3.76. The molecule has 1 fully saturated rings. The Morgan fingerprint density at radius 3 is 2.92 bits per heavy atom. The molecule has 0 amide bonds. The second kappa shape index (κ2) is 3.88. The van der Waals surface area contributed by atoms with Crippen LogP contribution in [-0.2, 0) is 0 Å². The summed E-state index contributed by atoms with van der Waals surface area (Å²) in [4.78, 5) is 4.44. The van der Waals surface area contributed by atoms with Gasteiger partial charge in [-0.05, 0) is 37.9 Å². The molecule has 13 heavy (non-hydrogen) atoms. The first-order valence-corrected chi connectivity index (χ1v) is 5.02. The van der Waals surface area contributed by atoms with Gasteiger partial charge in [0, 0.05) is 12.2 Å². The molecule has 1 aliphatic heterocycles. The number of nitrogens with one attached hydrogen (secondary N) is 1. The van der Waals surface area contributed by atoms with E-state index in [0.29, 0.717) is 6.04 Å². The molecule has 0 aliphatic carbocycles. The van der Waals surface area contributed by atoms with Crippen LogP contribution in [0, 0.1) is 6.92 Å². The summed E-state index contributed by atoms with van der Waals surface area (Å²) < 4.78 is 0. The van der Waals surface area contributed by atoms with Crippen molar-refractivity contribution in [2.45, 2.75) is 32.2 Å². The Hall–Kier alpha value is -0.890. The normalized spacial score (nSPS) is 23.0.